The van der Waals surface area contributed by atoms with Crippen LogP contribution in [0.2, 0.25) is 0 Å². The third kappa shape index (κ3) is 4.22. The Labute approximate surface area is 134 Å². The van der Waals surface area contributed by atoms with Crippen LogP contribution >= 0.6 is 0 Å². The minimum Gasteiger partial charge on any atom is -0.512 e. The van der Waals surface area contributed by atoms with Gasteiger partial charge in [-0.3, -0.25) is 9.97 Å². The molecule has 3 heterocycles. The first kappa shape index (κ1) is 16.5. The Kier molecular flexibility index (Phi) is 6.76. The summed E-state index contributed by atoms with van der Waals surface area (Å²) in [4.78, 5) is 13.2. The molecule has 4 nitrogen and oxygen atoms in total. The van der Waals surface area contributed by atoms with Gasteiger partial charge in [-0.15, -0.1) is 0 Å². The maximum atomic E-state index is 6.25. The van der Waals surface area contributed by atoms with Crippen molar-refractivity contribution >= 4 is 0 Å². The fourth-order valence-corrected chi connectivity index (χ4v) is 1.75. The van der Waals surface area contributed by atoms with Gasteiger partial charge in [0.1, 0.15) is 0 Å². The SMILES string of the molecule is [C-]#N.[Cu+].c1ccc(-c2cccc(-c3ccccn3)n2)nc1. The van der Waals surface area contributed by atoms with Gasteiger partial charge in [-0.1, -0.05) is 18.2 Å². The van der Waals surface area contributed by atoms with Crippen LogP contribution in [0.3, 0.4) is 0 Å². The van der Waals surface area contributed by atoms with Gasteiger partial charge in [0.25, 0.3) is 0 Å². The molecule has 0 fully saturated rings. The Bertz CT molecular complexity index is 629. The van der Waals surface area contributed by atoms with Crippen molar-refractivity contribution in [3.63, 3.8) is 0 Å². The number of nitrogens with zero attached hydrogens (tertiary/aromatic N) is 4. The van der Waals surface area contributed by atoms with Crippen LogP contribution in [-0.4, -0.2) is 15.0 Å². The molecule has 0 spiro atoms. The molecule has 0 aliphatic carbocycles. The van der Waals surface area contributed by atoms with Gasteiger partial charge in [-0.25, -0.2) is 4.98 Å². The van der Waals surface area contributed by atoms with E-state index in [9.17, 15) is 0 Å². The van der Waals surface area contributed by atoms with Crippen LogP contribution in [0, 0.1) is 11.8 Å². The Morgan fingerprint density at radius 2 is 1.05 bits per heavy atom. The van der Waals surface area contributed by atoms with E-state index in [1.54, 1.807) is 12.4 Å². The van der Waals surface area contributed by atoms with Crippen LogP contribution in [0.5, 0.6) is 0 Å². The average molecular weight is 323 g/mol. The molecule has 5 heteroatoms. The van der Waals surface area contributed by atoms with Crippen LogP contribution in [0.25, 0.3) is 22.8 Å². The van der Waals surface area contributed by atoms with Crippen molar-refractivity contribution in [2.24, 2.45) is 0 Å². The van der Waals surface area contributed by atoms with Crippen molar-refractivity contribution in [1.82, 2.24) is 15.0 Å². The summed E-state index contributed by atoms with van der Waals surface area (Å²) in [7, 11) is 0. The number of hydrogen-bond donors (Lipinski definition) is 0. The normalized spacial score (nSPS) is 8.86. The zero-order chi connectivity index (χ0) is 14.2. The van der Waals surface area contributed by atoms with Crippen molar-refractivity contribution < 1.29 is 17.1 Å². The molecule has 0 saturated carbocycles. The van der Waals surface area contributed by atoms with E-state index >= 15 is 0 Å². The molecule has 0 saturated heterocycles. The van der Waals surface area contributed by atoms with Crippen LogP contribution in [0.4, 0.5) is 0 Å². The second-order valence-corrected chi connectivity index (χ2v) is 3.84. The molecular formula is C16H11CuN4. The molecule has 0 radical (unpaired) electrons. The summed E-state index contributed by atoms with van der Waals surface area (Å²) in [6.45, 7) is 4.75. The van der Waals surface area contributed by atoms with Crippen LogP contribution in [0.1, 0.15) is 0 Å². The standard InChI is InChI=1S/C15H11N3.CN.Cu/c1-3-10-16-12(6-1)14-8-5-9-15(18-14)13-7-2-4-11-17-13;1-2;/h1-11H;;/q;-1;+1. The molecule has 21 heavy (non-hydrogen) atoms. The minimum absolute atomic E-state index is 0. The second-order valence-electron chi connectivity index (χ2n) is 3.84. The van der Waals surface area contributed by atoms with Crippen molar-refractivity contribution in [3.8, 4) is 22.8 Å². The fraction of sp³-hybridized carbons (Fsp3) is 0. The summed E-state index contributed by atoms with van der Waals surface area (Å²) in [5.74, 6) is 0. The van der Waals surface area contributed by atoms with Gasteiger partial charge >= 0.3 is 17.1 Å². The number of pyridine rings is 3. The quantitative estimate of drug-likeness (QED) is 0.536. The van der Waals surface area contributed by atoms with Crippen LogP contribution in [0.15, 0.2) is 67.0 Å². The maximum absolute atomic E-state index is 6.25. The van der Waals surface area contributed by atoms with Crippen molar-refractivity contribution in [1.29, 1.82) is 5.26 Å². The van der Waals surface area contributed by atoms with Crippen molar-refractivity contribution in [2.45, 2.75) is 0 Å². The zero-order valence-corrected chi connectivity index (χ0v) is 11.9. The largest absolute Gasteiger partial charge is 1.00 e. The predicted molar refractivity (Wildman–Crippen MR) is 75.7 cm³/mol. The monoisotopic (exact) mass is 322 g/mol. The van der Waals surface area contributed by atoms with E-state index < -0.39 is 0 Å². The van der Waals surface area contributed by atoms with E-state index in [0.717, 1.165) is 22.8 Å². The van der Waals surface area contributed by atoms with Gasteiger partial charge in [-0.2, -0.15) is 0 Å². The van der Waals surface area contributed by atoms with E-state index in [1.807, 2.05) is 54.6 Å². The molecular weight excluding hydrogens is 312 g/mol. The number of rotatable bonds is 2. The van der Waals surface area contributed by atoms with Gasteiger partial charge in [0.2, 0.25) is 0 Å². The Balaban J connectivity index is 0.000000706. The molecule has 0 amide bonds. The summed E-state index contributed by atoms with van der Waals surface area (Å²) >= 11 is 0. The minimum atomic E-state index is 0. The number of hydrogen-bond acceptors (Lipinski definition) is 4. The topological polar surface area (TPSA) is 62.5 Å². The first-order valence-electron chi connectivity index (χ1n) is 5.96. The van der Waals surface area contributed by atoms with Gasteiger partial charge in [0.05, 0.1) is 22.8 Å². The van der Waals surface area contributed by atoms with Crippen LogP contribution < -0.4 is 0 Å². The molecule has 0 bridgehead atoms. The fourth-order valence-electron chi connectivity index (χ4n) is 1.75. The summed E-state index contributed by atoms with van der Waals surface area (Å²) in [6.07, 6.45) is 3.54. The van der Waals surface area contributed by atoms with Crippen molar-refractivity contribution in [3.05, 3.63) is 73.6 Å². The van der Waals surface area contributed by atoms with E-state index in [-0.39, 0.29) is 17.1 Å². The number of aromatic nitrogens is 3. The third-order valence-electron chi connectivity index (χ3n) is 2.60. The predicted octanol–water partition coefficient (Wildman–Crippen LogP) is 3.30. The average Bonchev–Trinajstić information content (AvgIpc) is 2.58. The second kappa shape index (κ2) is 8.59. The molecule has 3 aromatic heterocycles. The summed E-state index contributed by atoms with van der Waals surface area (Å²) in [6, 6.07) is 17.5. The molecule has 0 aliphatic heterocycles. The first-order valence-corrected chi connectivity index (χ1v) is 5.96. The summed E-state index contributed by atoms with van der Waals surface area (Å²) < 4.78 is 0. The van der Waals surface area contributed by atoms with E-state index in [1.165, 1.54) is 0 Å². The first-order chi connectivity index (χ1) is 9.93. The van der Waals surface area contributed by atoms with Gasteiger partial charge in [-0.05, 0) is 36.4 Å². The van der Waals surface area contributed by atoms with E-state index in [2.05, 4.69) is 15.0 Å². The van der Waals surface area contributed by atoms with Crippen LogP contribution in [-0.2, 0) is 17.1 Å². The Hall–Kier alpha value is -2.54. The third-order valence-corrected chi connectivity index (χ3v) is 2.60. The van der Waals surface area contributed by atoms with Gasteiger partial charge < -0.3 is 11.8 Å². The summed E-state index contributed by atoms with van der Waals surface area (Å²) in [5.41, 5.74) is 3.46. The zero-order valence-electron chi connectivity index (χ0n) is 10.9. The molecule has 0 N–H and O–H groups in total. The smallest absolute Gasteiger partial charge is 0.512 e. The van der Waals surface area contributed by atoms with E-state index in [0.29, 0.717) is 0 Å². The molecule has 0 unspecified atom stereocenters. The molecule has 0 aromatic carbocycles. The Morgan fingerprint density at radius 3 is 1.43 bits per heavy atom. The summed E-state index contributed by atoms with van der Waals surface area (Å²) in [5, 5.41) is 6.25. The molecule has 3 aromatic rings. The van der Waals surface area contributed by atoms with Gasteiger partial charge in [0, 0.05) is 12.4 Å². The maximum Gasteiger partial charge on any atom is 1.00 e. The Morgan fingerprint density at radius 1 is 0.619 bits per heavy atom. The van der Waals surface area contributed by atoms with E-state index in [4.69, 9.17) is 11.8 Å². The molecule has 0 atom stereocenters. The van der Waals surface area contributed by atoms with Gasteiger partial charge in [0.15, 0.2) is 0 Å². The molecule has 0 aliphatic rings. The molecule has 106 valence electrons. The van der Waals surface area contributed by atoms with Crippen molar-refractivity contribution in [2.75, 3.05) is 0 Å². The molecule has 3 rings (SSSR count).